The van der Waals surface area contributed by atoms with Gasteiger partial charge in [0.1, 0.15) is 5.52 Å². The summed E-state index contributed by atoms with van der Waals surface area (Å²) in [6.45, 7) is 0. The molecule has 0 amide bonds. The Morgan fingerprint density at radius 3 is 3.00 bits per heavy atom. The van der Waals surface area contributed by atoms with E-state index >= 15 is 0 Å². The van der Waals surface area contributed by atoms with Crippen molar-refractivity contribution in [1.29, 1.82) is 0 Å². The van der Waals surface area contributed by atoms with E-state index in [0.717, 1.165) is 11.0 Å². The maximum atomic E-state index is 4.01. The highest BCUT2D eigenvalue weighted by Crippen LogP contribution is 2.12. The van der Waals surface area contributed by atoms with Crippen LogP contribution in [0.1, 0.15) is 0 Å². The Hall–Kier alpha value is -2.24. The molecule has 0 aliphatic heterocycles. The van der Waals surface area contributed by atoms with Gasteiger partial charge in [-0.25, -0.2) is 0 Å². The molecule has 6 heteroatoms. The van der Waals surface area contributed by atoms with Gasteiger partial charge in [0.15, 0.2) is 5.82 Å². The van der Waals surface area contributed by atoms with Crippen LogP contribution in [-0.4, -0.2) is 30.4 Å². The summed E-state index contributed by atoms with van der Waals surface area (Å²) in [6, 6.07) is 7.69. The van der Waals surface area contributed by atoms with E-state index in [2.05, 4.69) is 25.7 Å². The first-order chi connectivity index (χ1) is 6.95. The van der Waals surface area contributed by atoms with E-state index in [9.17, 15) is 0 Å². The first-order valence-electron chi connectivity index (χ1n) is 4.12. The van der Waals surface area contributed by atoms with Gasteiger partial charge >= 0.3 is 0 Å². The van der Waals surface area contributed by atoms with Gasteiger partial charge in [0.05, 0.1) is 11.7 Å². The molecule has 0 atom stereocenters. The van der Waals surface area contributed by atoms with Crippen molar-refractivity contribution in [2.45, 2.75) is 0 Å². The molecule has 1 aromatic carbocycles. The van der Waals surface area contributed by atoms with Crippen LogP contribution in [0.5, 0.6) is 0 Å². The highest BCUT2D eigenvalue weighted by Gasteiger charge is 2.06. The van der Waals surface area contributed by atoms with E-state index in [4.69, 9.17) is 0 Å². The third kappa shape index (κ3) is 0.905. The zero-order valence-corrected chi connectivity index (χ0v) is 7.12. The lowest BCUT2D eigenvalue weighted by atomic mass is 10.3. The Balaban J connectivity index is 2.33. The molecule has 0 fully saturated rings. The van der Waals surface area contributed by atoms with E-state index in [-0.39, 0.29) is 0 Å². The minimum absolute atomic E-state index is 0.638. The average molecular weight is 186 g/mol. The molecule has 0 radical (unpaired) electrons. The lowest BCUT2D eigenvalue weighted by Gasteiger charge is -1.93. The summed E-state index contributed by atoms with van der Waals surface area (Å²) in [7, 11) is 0. The highest BCUT2D eigenvalue weighted by atomic mass is 15.5. The Bertz CT molecular complexity index is 552. The van der Waals surface area contributed by atoms with Crippen molar-refractivity contribution in [3.63, 3.8) is 0 Å². The van der Waals surface area contributed by atoms with Crippen molar-refractivity contribution in [2.75, 3.05) is 0 Å². The number of nitrogens with one attached hydrogen (secondary N) is 1. The number of aromatic amines is 1. The molecule has 0 aliphatic carbocycles. The number of hydrogen-bond donors (Lipinski definition) is 1. The first-order valence-corrected chi connectivity index (χ1v) is 4.12. The van der Waals surface area contributed by atoms with Gasteiger partial charge in [-0.3, -0.25) is 0 Å². The molecule has 0 saturated carbocycles. The van der Waals surface area contributed by atoms with Crippen LogP contribution < -0.4 is 0 Å². The van der Waals surface area contributed by atoms with E-state index in [1.54, 1.807) is 10.9 Å². The molecule has 1 N–H and O–H groups in total. The summed E-state index contributed by atoms with van der Waals surface area (Å²) in [5.74, 6) is 0.638. The average Bonchev–Trinajstić information content (AvgIpc) is 2.85. The number of H-pyrrole nitrogens is 1. The topological polar surface area (TPSA) is 72.3 Å². The third-order valence-electron chi connectivity index (χ3n) is 1.97. The number of hydrogen-bond acceptors (Lipinski definition) is 4. The van der Waals surface area contributed by atoms with E-state index in [0.29, 0.717) is 5.82 Å². The molecule has 2 heterocycles. The maximum Gasteiger partial charge on any atom is 0.197 e. The van der Waals surface area contributed by atoms with E-state index < -0.39 is 0 Å². The Morgan fingerprint density at radius 2 is 2.14 bits per heavy atom. The normalized spacial score (nSPS) is 10.9. The smallest absolute Gasteiger partial charge is 0.196 e. The quantitative estimate of drug-likeness (QED) is 0.602. The summed E-state index contributed by atoms with van der Waals surface area (Å²) in [5.41, 5.74) is 1.76. The largest absolute Gasteiger partial charge is 0.197 e. The summed E-state index contributed by atoms with van der Waals surface area (Å²) >= 11 is 0. The van der Waals surface area contributed by atoms with Crippen LogP contribution in [0.25, 0.3) is 16.9 Å². The van der Waals surface area contributed by atoms with Crippen molar-refractivity contribution in [2.24, 2.45) is 0 Å². The van der Waals surface area contributed by atoms with Gasteiger partial charge in [-0.05, 0) is 12.1 Å². The number of para-hydroxylation sites is 1. The molecule has 6 nitrogen and oxygen atoms in total. The molecule has 3 aromatic rings. The fourth-order valence-electron chi connectivity index (χ4n) is 1.34. The molecule has 0 spiro atoms. The van der Waals surface area contributed by atoms with E-state index in [1.165, 1.54) is 0 Å². The minimum atomic E-state index is 0.638. The zero-order valence-electron chi connectivity index (χ0n) is 7.12. The SMILES string of the molecule is c1ccc2c(c1)nnn2-c1cn[nH]n1. The van der Waals surface area contributed by atoms with Crippen molar-refractivity contribution in [3.8, 4) is 5.82 Å². The van der Waals surface area contributed by atoms with Gasteiger partial charge in [0.2, 0.25) is 0 Å². The summed E-state index contributed by atoms with van der Waals surface area (Å²) in [4.78, 5) is 0. The second-order valence-corrected chi connectivity index (χ2v) is 2.82. The molecule has 68 valence electrons. The zero-order chi connectivity index (χ0) is 9.38. The van der Waals surface area contributed by atoms with Crippen LogP contribution in [0.15, 0.2) is 30.5 Å². The standard InChI is InChI=1S/C8H6N6/c1-2-4-7-6(3-1)10-13-14(7)8-5-9-12-11-8/h1-5H,(H,9,11,12). The van der Waals surface area contributed by atoms with Gasteiger partial charge in [-0.1, -0.05) is 17.3 Å². The fourth-order valence-corrected chi connectivity index (χ4v) is 1.34. The van der Waals surface area contributed by atoms with Crippen LogP contribution >= 0.6 is 0 Å². The predicted octanol–water partition coefficient (Wildman–Crippen LogP) is 0.539. The molecule has 0 unspecified atom stereocenters. The maximum absolute atomic E-state index is 4.01. The Labute approximate surface area is 78.6 Å². The molecular weight excluding hydrogens is 180 g/mol. The Morgan fingerprint density at radius 1 is 1.21 bits per heavy atom. The molecule has 2 aromatic heterocycles. The van der Waals surface area contributed by atoms with Crippen molar-refractivity contribution in [1.82, 2.24) is 30.4 Å². The van der Waals surface area contributed by atoms with Crippen LogP contribution in [0.4, 0.5) is 0 Å². The number of aromatic nitrogens is 6. The highest BCUT2D eigenvalue weighted by molar-refractivity contribution is 5.75. The second kappa shape index (κ2) is 2.63. The van der Waals surface area contributed by atoms with Crippen LogP contribution in [0.3, 0.4) is 0 Å². The minimum Gasteiger partial charge on any atom is -0.196 e. The van der Waals surface area contributed by atoms with Gasteiger partial charge in [-0.15, -0.1) is 10.2 Å². The number of nitrogens with zero attached hydrogens (tertiary/aromatic N) is 5. The van der Waals surface area contributed by atoms with Crippen LogP contribution in [0, 0.1) is 0 Å². The second-order valence-electron chi connectivity index (χ2n) is 2.82. The molecule has 0 bridgehead atoms. The van der Waals surface area contributed by atoms with Gasteiger partial charge in [0, 0.05) is 0 Å². The van der Waals surface area contributed by atoms with Crippen LogP contribution in [-0.2, 0) is 0 Å². The van der Waals surface area contributed by atoms with Crippen molar-refractivity contribution in [3.05, 3.63) is 30.5 Å². The Kier molecular flexibility index (Phi) is 1.35. The van der Waals surface area contributed by atoms with Gasteiger partial charge < -0.3 is 0 Å². The number of rotatable bonds is 1. The lowest BCUT2D eigenvalue weighted by molar-refractivity contribution is 0.792. The van der Waals surface area contributed by atoms with Crippen LogP contribution in [0.2, 0.25) is 0 Å². The lowest BCUT2D eigenvalue weighted by Crippen LogP contribution is -1.96. The molecule has 3 rings (SSSR count). The third-order valence-corrected chi connectivity index (χ3v) is 1.97. The first kappa shape index (κ1) is 7.19. The molecule has 0 aliphatic rings. The van der Waals surface area contributed by atoms with Crippen molar-refractivity contribution < 1.29 is 0 Å². The predicted molar refractivity (Wildman–Crippen MR) is 48.8 cm³/mol. The summed E-state index contributed by atoms with van der Waals surface area (Å²) in [5, 5.41) is 18.2. The molecule has 0 saturated heterocycles. The monoisotopic (exact) mass is 186 g/mol. The summed E-state index contributed by atoms with van der Waals surface area (Å²) < 4.78 is 1.64. The number of benzene rings is 1. The summed E-state index contributed by atoms with van der Waals surface area (Å²) in [6.07, 6.45) is 1.60. The fraction of sp³-hybridized carbons (Fsp3) is 0. The molecular formula is C8H6N6. The van der Waals surface area contributed by atoms with E-state index in [1.807, 2.05) is 24.3 Å². The van der Waals surface area contributed by atoms with Gasteiger partial charge in [-0.2, -0.15) is 15.0 Å². The molecule has 14 heavy (non-hydrogen) atoms. The number of fused-ring (bicyclic) bond motifs is 1. The van der Waals surface area contributed by atoms with Gasteiger partial charge in [0.25, 0.3) is 0 Å². The van der Waals surface area contributed by atoms with Crippen molar-refractivity contribution >= 4 is 11.0 Å².